The molecular weight excluding hydrogens is 328 g/mol. The van der Waals surface area contributed by atoms with E-state index in [0.717, 1.165) is 0 Å². The number of thiophene rings is 1. The second-order valence-corrected chi connectivity index (χ2v) is 5.86. The van der Waals surface area contributed by atoms with Gasteiger partial charge in [-0.15, -0.1) is 11.3 Å². The summed E-state index contributed by atoms with van der Waals surface area (Å²) in [6.07, 6.45) is 0.732. The number of hydrogen-bond acceptors (Lipinski definition) is 5. The molecular formula is C17H18N2O4S. The zero-order valence-electron chi connectivity index (χ0n) is 13.2. The lowest BCUT2D eigenvalue weighted by Gasteiger charge is -2.11. The van der Waals surface area contributed by atoms with Gasteiger partial charge in [0, 0.05) is 13.0 Å². The van der Waals surface area contributed by atoms with Crippen molar-refractivity contribution in [3.63, 3.8) is 0 Å². The summed E-state index contributed by atoms with van der Waals surface area (Å²) in [6.45, 7) is 0.348. The minimum Gasteiger partial charge on any atom is -0.469 e. The molecule has 1 heterocycles. The summed E-state index contributed by atoms with van der Waals surface area (Å²) < 4.78 is 4.54. The van der Waals surface area contributed by atoms with Gasteiger partial charge in [0.25, 0.3) is 11.8 Å². The van der Waals surface area contributed by atoms with E-state index in [1.165, 1.54) is 18.4 Å². The third-order valence-electron chi connectivity index (χ3n) is 3.24. The van der Waals surface area contributed by atoms with Gasteiger partial charge in [0.1, 0.15) is 0 Å². The number of nitrogens with one attached hydrogen (secondary N) is 2. The molecule has 0 aliphatic carbocycles. The zero-order chi connectivity index (χ0) is 17.4. The van der Waals surface area contributed by atoms with Crippen LogP contribution in [0.15, 0.2) is 41.8 Å². The number of hydrogen-bond donors (Lipinski definition) is 2. The Morgan fingerprint density at radius 3 is 2.58 bits per heavy atom. The summed E-state index contributed by atoms with van der Waals surface area (Å²) in [5.74, 6) is -0.870. The van der Waals surface area contributed by atoms with Gasteiger partial charge in [-0.25, -0.2) is 0 Å². The molecule has 0 bridgehead atoms. The fourth-order valence-electron chi connectivity index (χ4n) is 2.01. The molecule has 6 nitrogen and oxygen atoms in total. The van der Waals surface area contributed by atoms with Crippen molar-refractivity contribution >= 4 is 34.8 Å². The van der Waals surface area contributed by atoms with Gasteiger partial charge >= 0.3 is 5.97 Å². The maximum atomic E-state index is 12.3. The third kappa shape index (κ3) is 4.92. The van der Waals surface area contributed by atoms with Gasteiger partial charge in [-0.1, -0.05) is 18.2 Å². The highest BCUT2D eigenvalue weighted by molar-refractivity contribution is 7.12. The van der Waals surface area contributed by atoms with Crippen molar-refractivity contribution in [1.82, 2.24) is 5.32 Å². The number of benzene rings is 1. The van der Waals surface area contributed by atoms with Crippen molar-refractivity contribution in [2.45, 2.75) is 12.8 Å². The molecule has 0 spiro atoms. The Morgan fingerprint density at radius 1 is 1.08 bits per heavy atom. The molecule has 7 heteroatoms. The van der Waals surface area contributed by atoms with E-state index < -0.39 is 0 Å². The quantitative estimate of drug-likeness (QED) is 0.596. The van der Waals surface area contributed by atoms with Crippen LogP contribution in [0, 0.1) is 0 Å². The topological polar surface area (TPSA) is 84.5 Å². The summed E-state index contributed by atoms with van der Waals surface area (Å²) in [7, 11) is 1.33. The maximum absolute atomic E-state index is 12.3. The van der Waals surface area contributed by atoms with E-state index in [2.05, 4.69) is 15.4 Å². The van der Waals surface area contributed by atoms with Crippen molar-refractivity contribution < 1.29 is 19.1 Å². The van der Waals surface area contributed by atoms with Gasteiger partial charge in [0.05, 0.1) is 23.2 Å². The van der Waals surface area contributed by atoms with Crippen LogP contribution < -0.4 is 10.6 Å². The van der Waals surface area contributed by atoms with E-state index in [0.29, 0.717) is 29.1 Å². The van der Waals surface area contributed by atoms with Gasteiger partial charge in [-0.05, 0) is 30.0 Å². The largest absolute Gasteiger partial charge is 0.469 e. The summed E-state index contributed by atoms with van der Waals surface area (Å²) in [5, 5.41) is 7.29. The number of amides is 2. The number of ether oxygens (including phenoxy) is 1. The van der Waals surface area contributed by atoms with Crippen LogP contribution >= 0.6 is 11.3 Å². The Morgan fingerprint density at radius 2 is 1.88 bits per heavy atom. The number of anilines is 1. The number of esters is 1. The molecule has 126 valence electrons. The van der Waals surface area contributed by atoms with E-state index in [1.54, 1.807) is 36.4 Å². The molecule has 24 heavy (non-hydrogen) atoms. The second-order valence-electron chi connectivity index (χ2n) is 4.91. The second kappa shape index (κ2) is 8.83. The van der Waals surface area contributed by atoms with Gasteiger partial charge in [0.15, 0.2) is 0 Å². The number of carbonyl (C=O) groups excluding carboxylic acids is 3. The molecule has 2 rings (SSSR count). The van der Waals surface area contributed by atoms with Crippen molar-refractivity contribution in [3.8, 4) is 0 Å². The molecule has 0 saturated heterocycles. The van der Waals surface area contributed by atoms with E-state index in [-0.39, 0.29) is 24.2 Å². The molecule has 2 amide bonds. The lowest BCUT2D eigenvalue weighted by atomic mass is 10.1. The van der Waals surface area contributed by atoms with Crippen LogP contribution in [0.4, 0.5) is 5.69 Å². The highest BCUT2D eigenvalue weighted by atomic mass is 32.1. The fourth-order valence-corrected chi connectivity index (χ4v) is 2.63. The van der Waals surface area contributed by atoms with Crippen LogP contribution in [0.25, 0.3) is 0 Å². The lowest BCUT2D eigenvalue weighted by molar-refractivity contribution is -0.140. The average Bonchev–Trinajstić information content (AvgIpc) is 3.13. The van der Waals surface area contributed by atoms with Crippen molar-refractivity contribution in [1.29, 1.82) is 0 Å². The third-order valence-corrected chi connectivity index (χ3v) is 4.10. The summed E-state index contributed by atoms with van der Waals surface area (Å²) in [5.41, 5.74) is 0.821. The highest BCUT2D eigenvalue weighted by Crippen LogP contribution is 2.18. The first kappa shape index (κ1) is 17.7. The average molecular weight is 346 g/mol. The molecule has 2 N–H and O–H groups in total. The monoisotopic (exact) mass is 346 g/mol. The zero-order valence-corrected chi connectivity index (χ0v) is 14.0. The predicted octanol–water partition coefficient (Wildman–Crippen LogP) is 2.68. The molecule has 0 saturated carbocycles. The Labute approximate surface area is 143 Å². The Balaban J connectivity index is 1.96. The molecule has 1 aromatic carbocycles. The van der Waals surface area contributed by atoms with Gasteiger partial charge in [-0.2, -0.15) is 0 Å². The molecule has 2 aromatic rings. The van der Waals surface area contributed by atoms with Crippen LogP contribution in [0.5, 0.6) is 0 Å². The van der Waals surface area contributed by atoms with Crippen molar-refractivity contribution in [2.75, 3.05) is 19.0 Å². The number of rotatable bonds is 7. The first-order chi connectivity index (χ1) is 11.6. The van der Waals surface area contributed by atoms with Crippen LogP contribution in [0.3, 0.4) is 0 Å². The Bertz CT molecular complexity index is 713. The maximum Gasteiger partial charge on any atom is 0.305 e. The minimum atomic E-state index is -0.312. The predicted molar refractivity (Wildman–Crippen MR) is 92.3 cm³/mol. The minimum absolute atomic E-state index is 0.244. The van der Waals surface area contributed by atoms with Gasteiger partial charge in [-0.3, -0.25) is 14.4 Å². The Hall–Kier alpha value is -2.67. The number of carbonyl (C=O) groups is 3. The number of para-hydroxylation sites is 1. The van der Waals surface area contributed by atoms with Crippen LogP contribution in [-0.2, 0) is 9.53 Å². The molecule has 1 aromatic heterocycles. The van der Waals surface area contributed by atoms with Crippen molar-refractivity contribution in [2.24, 2.45) is 0 Å². The van der Waals surface area contributed by atoms with Crippen LogP contribution in [0.1, 0.15) is 32.9 Å². The molecule has 0 aliphatic rings. The summed E-state index contributed by atoms with van der Waals surface area (Å²) in [6, 6.07) is 10.3. The number of methoxy groups -OCH3 is 1. The normalized spacial score (nSPS) is 10.0. The van der Waals surface area contributed by atoms with Crippen molar-refractivity contribution in [3.05, 3.63) is 52.2 Å². The Kier molecular flexibility index (Phi) is 6.51. The van der Waals surface area contributed by atoms with E-state index in [1.807, 2.05) is 5.38 Å². The lowest BCUT2D eigenvalue weighted by Crippen LogP contribution is -2.26. The van der Waals surface area contributed by atoms with E-state index in [9.17, 15) is 14.4 Å². The van der Waals surface area contributed by atoms with Gasteiger partial charge in [0.2, 0.25) is 0 Å². The molecule has 0 fully saturated rings. The SMILES string of the molecule is COC(=O)CCCNC(=O)c1ccccc1NC(=O)c1cccs1. The summed E-state index contributed by atoms with van der Waals surface area (Å²) >= 11 is 1.33. The summed E-state index contributed by atoms with van der Waals surface area (Å²) in [4.78, 5) is 36.0. The standard InChI is InChI=1S/C17H18N2O4S/c1-23-15(20)9-4-10-18-16(21)12-6-2-3-7-13(12)19-17(22)14-8-5-11-24-14/h2-3,5-8,11H,4,9-10H2,1H3,(H,18,21)(H,19,22). The molecule has 0 radical (unpaired) electrons. The van der Waals surface area contributed by atoms with Gasteiger partial charge < -0.3 is 15.4 Å². The highest BCUT2D eigenvalue weighted by Gasteiger charge is 2.14. The van der Waals surface area contributed by atoms with E-state index in [4.69, 9.17) is 0 Å². The first-order valence-electron chi connectivity index (χ1n) is 7.40. The van der Waals surface area contributed by atoms with E-state index >= 15 is 0 Å². The first-order valence-corrected chi connectivity index (χ1v) is 8.28. The van der Waals surface area contributed by atoms with Crippen LogP contribution in [0.2, 0.25) is 0 Å². The molecule has 0 aliphatic heterocycles. The molecule has 0 unspecified atom stereocenters. The van der Waals surface area contributed by atoms with Crippen LogP contribution in [-0.4, -0.2) is 31.4 Å². The molecule has 0 atom stereocenters. The smallest absolute Gasteiger partial charge is 0.305 e. The fraction of sp³-hybridized carbons (Fsp3) is 0.235.